The van der Waals surface area contributed by atoms with Crippen molar-refractivity contribution < 1.29 is 9.90 Å². The SMILES string of the molecule is Br.O=C(O)C1CC1. The molecule has 0 bridgehead atoms. The first-order valence-electron chi connectivity index (χ1n) is 2.03. The molecule has 0 aliphatic heterocycles. The zero-order valence-corrected chi connectivity index (χ0v) is 5.47. The van der Waals surface area contributed by atoms with E-state index in [1.54, 1.807) is 0 Å². The summed E-state index contributed by atoms with van der Waals surface area (Å²) >= 11 is 0. The number of hydrogen-bond acceptors (Lipinski definition) is 1. The lowest BCUT2D eigenvalue weighted by Gasteiger charge is -1.75. The zero-order chi connectivity index (χ0) is 4.57. The standard InChI is InChI=1S/C4H6O2.BrH/c5-4(6)3-1-2-3;/h3H,1-2H2,(H,5,6);1H. The van der Waals surface area contributed by atoms with Crippen molar-refractivity contribution in [1.82, 2.24) is 0 Å². The smallest absolute Gasteiger partial charge is 0.306 e. The van der Waals surface area contributed by atoms with E-state index in [2.05, 4.69) is 0 Å². The van der Waals surface area contributed by atoms with Gasteiger partial charge in [0.05, 0.1) is 5.92 Å². The minimum Gasteiger partial charge on any atom is -0.481 e. The van der Waals surface area contributed by atoms with Gasteiger partial charge in [0, 0.05) is 0 Å². The van der Waals surface area contributed by atoms with Crippen LogP contribution < -0.4 is 0 Å². The maximum absolute atomic E-state index is 9.76. The third-order valence-corrected chi connectivity index (χ3v) is 0.927. The molecule has 0 heterocycles. The topological polar surface area (TPSA) is 37.3 Å². The maximum atomic E-state index is 9.76. The van der Waals surface area contributed by atoms with Gasteiger partial charge in [0.25, 0.3) is 0 Å². The Kier molecular flexibility index (Phi) is 2.29. The lowest BCUT2D eigenvalue weighted by atomic mass is 10.5. The van der Waals surface area contributed by atoms with Gasteiger partial charge in [-0.2, -0.15) is 0 Å². The van der Waals surface area contributed by atoms with Gasteiger partial charge in [-0.15, -0.1) is 17.0 Å². The highest BCUT2D eigenvalue weighted by Crippen LogP contribution is 2.28. The van der Waals surface area contributed by atoms with Gasteiger partial charge in [-0.05, 0) is 12.8 Å². The second-order valence-corrected chi connectivity index (χ2v) is 1.61. The van der Waals surface area contributed by atoms with Crippen LogP contribution in [0.15, 0.2) is 0 Å². The van der Waals surface area contributed by atoms with Crippen molar-refractivity contribution in [2.45, 2.75) is 12.8 Å². The summed E-state index contributed by atoms with van der Waals surface area (Å²) in [6.45, 7) is 0. The van der Waals surface area contributed by atoms with E-state index in [9.17, 15) is 4.79 Å². The summed E-state index contributed by atoms with van der Waals surface area (Å²) < 4.78 is 0. The monoisotopic (exact) mass is 166 g/mol. The average molecular weight is 167 g/mol. The van der Waals surface area contributed by atoms with E-state index in [0.717, 1.165) is 12.8 Å². The average Bonchev–Trinajstić information content (AvgIpc) is 2.06. The van der Waals surface area contributed by atoms with Crippen LogP contribution in [-0.2, 0) is 4.79 Å². The van der Waals surface area contributed by atoms with Crippen molar-refractivity contribution in [3.05, 3.63) is 0 Å². The van der Waals surface area contributed by atoms with Gasteiger partial charge >= 0.3 is 5.97 Å². The van der Waals surface area contributed by atoms with E-state index < -0.39 is 5.97 Å². The van der Waals surface area contributed by atoms with E-state index >= 15 is 0 Å². The summed E-state index contributed by atoms with van der Waals surface area (Å²) in [5.74, 6) is -0.611. The molecule has 1 fully saturated rings. The van der Waals surface area contributed by atoms with E-state index in [1.807, 2.05) is 0 Å². The third-order valence-electron chi connectivity index (χ3n) is 0.927. The molecule has 1 saturated carbocycles. The molecule has 1 rings (SSSR count). The maximum Gasteiger partial charge on any atom is 0.306 e. The zero-order valence-electron chi connectivity index (χ0n) is 3.76. The predicted molar refractivity (Wildman–Crippen MR) is 30.7 cm³/mol. The summed E-state index contributed by atoms with van der Waals surface area (Å²) in [5.41, 5.74) is 0. The van der Waals surface area contributed by atoms with Crippen LogP contribution in [0.1, 0.15) is 12.8 Å². The molecular formula is C4H7BrO2. The minimum atomic E-state index is -0.630. The Bertz CT molecular complexity index is 77.8. The van der Waals surface area contributed by atoms with E-state index in [4.69, 9.17) is 5.11 Å². The number of halogens is 1. The molecule has 0 aromatic carbocycles. The summed E-state index contributed by atoms with van der Waals surface area (Å²) in [6.07, 6.45) is 1.80. The van der Waals surface area contributed by atoms with Gasteiger partial charge in [-0.3, -0.25) is 4.79 Å². The lowest BCUT2D eigenvalue weighted by Crippen LogP contribution is -1.94. The first kappa shape index (κ1) is 6.95. The van der Waals surface area contributed by atoms with Crippen LogP contribution in [0.4, 0.5) is 0 Å². The van der Waals surface area contributed by atoms with E-state index in [-0.39, 0.29) is 22.9 Å². The molecule has 1 aliphatic carbocycles. The minimum absolute atomic E-state index is 0. The van der Waals surface area contributed by atoms with Crippen LogP contribution in [0.25, 0.3) is 0 Å². The molecule has 0 atom stereocenters. The van der Waals surface area contributed by atoms with Crippen LogP contribution in [0.2, 0.25) is 0 Å². The first-order valence-corrected chi connectivity index (χ1v) is 2.03. The van der Waals surface area contributed by atoms with Gasteiger partial charge in [0.2, 0.25) is 0 Å². The fourth-order valence-corrected chi connectivity index (χ4v) is 0.330. The van der Waals surface area contributed by atoms with Crippen molar-refractivity contribution in [3.63, 3.8) is 0 Å². The van der Waals surface area contributed by atoms with E-state index in [0.29, 0.717) is 0 Å². The molecule has 0 amide bonds. The molecule has 0 aromatic rings. The highest BCUT2D eigenvalue weighted by atomic mass is 79.9. The Morgan fingerprint density at radius 3 is 2.00 bits per heavy atom. The number of carboxylic acid groups (broad SMARTS) is 1. The highest BCUT2D eigenvalue weighted by molar-refractivity contribution is 8.93. The highest BCUT2D eigenvalue weighted by Gasteiger charge is 2.28. The molecule has 0 radical (unpaired) electrons. The van der Waals surface area contributed by atoms with Gasteiger partial charge in [0.15, 0.2) is 0 Å². The second-order valence-electron chi connectivity index (χ2n) is 1.61. The van der Waals surface area contributed by atoms with Gasteiger partial charge in [0.1, 0.15) is 0 Å². The number of rotatable bonds is 1. The Morgan fingerprint density at radius 2 is 2.00 bits per heavy atom. The normalized spacial score (nSPS) is 17.7. The van der Waals surface area contributed by atoms with Crippen LogP contribution in [0.5, 0.6) is 0 Å². The van der Waals surface area contributed by atoms with Crippen molar-refractivity contribution in [1.29, 1.82) is 0 Å². The second kappa shape index (κ2) is 2.31. The molecule has 0 spiro atoms. The Balaban J connectivity index is 0.000000360. The van der Waals surface area contributed by atoms with Crippen LogP contribution in [0.3, 0.4) is 0 Å². The Hall–Kier alpha value is -0.0500. The van der Waals surface area contributed by atoms with Gasteiger partial charge < -0.3 is 5.11 Å². The summed E-state index contributed by atoms with van der Waals surface area (Å²) in [4.78, 5) is 9.76. The largest absolute Gasteiger partial charge is 0.481 e. The molecule has 2 nitrogen and oxygen atoms in total. The van der Waals surface area contributed by atoms with Gasteiger partial charge in [-0.25, -0.2) is 0 Å². The predicted octanol–water partition coefficient (Wildman–Crippen LogP) is 1.06. The molecule has 0 saturated heterocycles. The number of carbonyl (C=O) groups is 1. The molecule has 3 heteroatoms. The summed E-state index contributed by atoms with van der Waals surface area (Å²) in [7, 11) is 0. The van der Waals surface area contributed by atoms with Crippen molar-refractivity contribution >= 4 is 23.0 Å². The molecule has 0 unspecified atom stereocenters. The molecule has 0 aromatic heterocycles. The number of aliphatic carboxylic acids is 1. The number of hydrogen-bond donors (Lipinski definition) is 1. The number of carboxylic acids is 1. The fraction of sp³-hybridized carbons (Fsp3) is 0.750. The van der Waals surface area contributed by atoms with Crippen molar-refractivity contribution in [2.75, 3.05) is 0 Å². The van der Waals surface area contributed by atoms with Gasteiger partial charge in [-0.1, -0.05) is 0 Å². The van der Waals surface area contributed by atoms with Crippen molar-refractivity contribution in [2.24, 2.45) is 5.92 Å². The molecule has 1 N–H and O–H groups in total. The molecule has 1 aliphatic rings. The fourth-order valence-electron chi connectivity index (χ4n) is 0.330. The Morgan fingerprint density at radius 1 is 1.57 bits per heavy atom. The third kappa shape index (κ3) is 1.92. The Labute approximate surface area is 52.3 Å². The quantitative estimate of drug-likeness (QED) is 0.633. The lowest BCUT2D eigenvalue weighted by molar-refractivity contribution is -0.138. The molecule has 7 heavy (non-hydrogen) atoms. The summed E-state index contributed by atoms with van der Waals surface area (Å²) in [5, 5.41) is 8.05. The van der Waals surface area contributed by atoms with Crippen LogP contribution in [0, 0.1) is 5.92 Å². The van der Waals surface area contributed by atoms with E-state index in [1.165, 1.54) is 0 Å². The molecule has 42 valence electrons. The van der Waals surface area contributed by atoms with Crippen LogP contribution >= 0.6 is 17.0 Å². The van der Waals surface area contributed by atoms with Crippen LogP contribution in [-0.4, -0.2) is 11.1 Å². The molecular weight excluding hydrogens is 160 g/mol. The van der Waals surface area contributed by atoms with Crippen molar-refractivity contribution in [3.8, 4) is 0 Å². The first-order chi connectivity index (χ1) is 2.80. The summed E-state index contributed by atoms with van der Waals surface area (Å²) in [6, 6.07) is 0.